The molecule has 5 atom stereocenters. The van der Waals surface area contributed by atoms with E-state index in [1.54, 1.807) is 0 Å². The van der Waals surface area contributed by atoms with Gasteiger partial charge in [-0.3, -0.25) is 0 Å². The number of fused-ring (bicyclic) bond motifs is 1. The van der Waals surface area contributed by atoms with E-state index in [9.17, 15) is 0 Å². The van der Waals surface area contributed by atoms with Crippen LogP contribution in [-0.4, -0.2) is 13.1 Å². The zero-order valence-corrected chi connectivity index (χ0v) is 12.0. The van der Waals surface area contributed by atoms with Crippen LogP contribution in [0.15, 0.2) is 12.2 Å². The maximum absolute atomic E-state index is 4.77. The predicted octanol–water partition coefficient (Wildman–Crippen LogP) is 4.79. The normalized spacial score (nSPS) is 46.4. The maximum Gasteiger partial charge on any atom is -0.0308 e. The van der Waals surface area contributed by atoms with Crippen molar-refractivity contribution in [1.29, 1.82) is 0 Å². The molecule has 2 aliphatic rings. The highest BCUT2D eigenvalue weighted by Crippen LogP contribution is 2.56. The first-order valence-electron chi connectivity index (χ1n) is 7.24. The summed E-state index contributed by atoms with van der Waals surface area (Å²) in [5.41, 5.74) is 1.90. The van der Waals surface area contributed by atoms with Gasteiger partial charge in [-0.15, -0.1) is 6.04 Å². The third kappa shape index (κ3) is 2.19. The van der Waals surface area contributed by atoms with Crippen LogP contribution in [0.25, 0.3) is 5.32 Å². The average Bonchev–Trinajstić information content (AvgIpc) is 2.26. The molecular weight excluding hydrogens is 206 g/mol. The van der Waals surface area contributed by atoms with Crippen LogP contribution in [0.4, 0.5) is 0 Å². The Balaban J connectivity index is 2.28. The van der Waals surface area contributed by atoms with Gasteiger partial charge in [-0.1, -0.05) is 38.8 Å². The van der Waals surface area contributed by atoms with Crippen molar-refractivity contribution >= 4 is 0 Å². The second-order valence-electron chi connectivity index (χ2n) is 6.79. The molecule has 17 heavy (non-hydrogen) atoms. The Morgan fingerprint density at radius 2 is 2.00 bits per heavy atom. The molecule has 0 aromatic heterocycles. The summed E-state index contributed by atoms with van der Waals surface area (Å²) >= 11 is 0. The molecule has 0 N–H and O–H groups in total. The molecule has 98 valence electrons. The molecule has 0 aromatic carbocycles. The second-order valence-corrected chi connectivity index (χ2v) is 6.79. The summed E-state index contributed by atoms with van der Waals surface area (Å²) in [6, 6.07) is 0.529. The minimum absolute atomic E-state index is 0.529. The van der Waals surface area contributed by atoms with Gasteiger partial charge < -0.3 is 5.32 Å². The van der Waals surface area contributed by atoms with Gasteiger partial charge in [-0.2, -0.15) is 7.05 Å². The van der Waals surface area contributed by atoms with Gasteiger partial charge in [0.25, 0.3) is 0 Å². The van der Waals surface area contributed by atoms with Crippen molar-refractivity contribution in [2.24, 2.45) is 23.2 Å². The van der Waals surface area contributed by atoms with Crippen molar-refractivity contribution < 1.29 is 0 Å². The zero-order chi connectivity index (χ0) is 12.6. The van der Waals surface area contributed by atoms with E-state index in [4.69, 9.17) is 5.32 Å². The summed E-state index contributed by atoms with van der Waals surface area (Å²) in [5, 5.41) is 4.77. The Kier molecular flexibility index (Phi) is 3.68. The van der Waals surface area contributed by atoms with Gasteiger partial charge in [0.1, 0.15) is 0 Å². The largest absolute Gasteiger partial charge is 0.662 e. The molecule has 0 amide bonds. The van der Waals surface area contributed by atoms with Crippen molar-refractivity contribution in [3.63, 3.8) is 0 Å². The average molecular weight is 234 g/mol. The van der Waals surface area contributed by atoms with Crippen LogP contribution in [0.1, 0.15) is 52.9 Å². The standard InChI is InChI=1S/C16H28N/c1-11(2)13-8-10-16(4)9-6-7-12(3)14(16)15(13)17-5/h12-15H,1,6-10H2,2-5H3/q-1/t12-,13-,14-,15-,16+/m0/s1. The Hall–Kier alpha value is -0.300. The molecule has 2 saturated carbocycles. The lowest BCUT2D eigenvalue weighted by atomic mass is 9.52. The maximum atomic E-state index is 4.77. The summed E-state index contributed by atoms with van der Waals surface area (Å²) < 4.78 is 0. The minimum Gasteiger partial charge on any atom is -0.662 e. The fraction of sp³-hybridized carbons (Fsp3) is 0.875. The van der Waals surface area contributed by atoms with Crippen molar-refractivity contribution in [3.8, 4) is 0 Å². The van der Waals surface area contributed by atoms with E-state index < -0.39 is 0 Å². The van der Waals surface area contributed by atoms with Gasteiger partial charge in [0.2, 0.25) is 0 Å². The molecule has 0 aromatic rings. The third-order valence-corrected chi connectivity index (χ3v) is 5.56. The first-order valence-corrected chi connectivity index (χ1v) is 7.24. The number of rotatable bonds is 2. The van der Waals surface area contributed by atoms with Crippen LogP contribution in [-0.2, 0) is 0 Å². The van der Waals surface area contributed by atoms with Gasteiger partial charge >= 0.3 is 0 Å². The Labute approximate surface area is 107 Å². The number of nitrogens with zero attached hydrogens (tertiary/aromatic N) is 1. The highest BCUT2D eigenvalue weighted by Gasteiger charge is 2.46. The van der Waals surface area contributed by atoms with E-state index in [-0.39, 0.29) is 0 Å². The van der Waals surface area contributed by atoms with Gasteiger partial charge in [-0.25, -0.2) is 0 Å². The van der Waals surface area contributed by atoms with Crippen LogP contribution in [0.5, 0.6) is 0 Å². The quantitative estimate of drug-likeness (QED) is 0.610. The van der Waals surface area contributed by atoms with E-state index in [1.807, 2.05) is 7.05 Å². The van der Waals surface area contributed by atoms with Crippen molar-refractivity contribution in [1.82, 2.24) is 0 Å². The van der Waals surface area contributed by atoms with Crippen molar-refractivity contribution in [2.75, 3.05) is 7.05 Å². The smallest absolute Gasteiger partial charge is 0.0308 e. The lowest BCUT2D eigenvalue weighted by molar-refractivity contribution is -0.000624. The Morgan fingerprint density at radius 1 is 1.29 bits per heavy atom. The Bertz CT molecular complexity index is 296. The van der Waals surface area contributed by atoms with Crippen LogP contribution in [0.3, 0.4) is 0 Å². The first kappa shape index (κ1) is 13.1. The summed E-state index contributed by atoms with van der Waals surface area (Å²) in [7, 11) is 2.02. The van der Waals surface area contributed by atoms with E-state index in [0.717, 1.165) is 11.8 Å². The fourth-order valence-corrected chi connectivity index (χ4v) is 4.69. The SMILES string of the molecule is C=C(C)[C@@H]1CC[C@@]2(C)CCC[C@H](C)[C@H]2[C@H]1[N-]C. The lowest BCUT2D eigenvalue weighted by Crippen LogP contribution is -2.49. The van der Waals surface area contributed by atoms with Gasteiger partial charge in [0, 0.05) is 0 Å². The summed E-state index contributed by atoms with van der Waals surface area (Å²) in [5.74, 6) is 2.26. The number of hydrogen-bond donors (Lipinski definition) is 0. The molecule has 1 nitrogen and oxygen atoms in total. The summed E-state index contributed by atoms with van der Waals surface area (Å²) in [6.07, 6.45) is 6.91. The number of hydrogen-bond acceptors (Lipinski definition) is 0. The van der Waals surface area contributed by atoms with E-state index >= 15 is 0 Å². The minimum atomic E-state index is 0.529. The van der Waals surface area contributed by atoms with Crippen LogP contribution in [0, 0.1) is 23.2 Å². The third-order valence-electron chi connectivity index (χ3n) is 5.56. The Morgan fingerprint density at radius 3 is 2.59 bits per heavy atom. The van der Waals surface area contributed by atoms with E-state index in [0.29, 0.717) is 17.4 Å². The topological polar surface area (TPSA) is 14.1 Å². The highest BCUT2D eigenvalue weighted by molar-refractivity contribution is 5.16. The molecule has 1 heteroatoms. The van der Waals surface area contributed by atoms with Crippen LogP contribution >= 0.6 is 0 Å². The molecule has 2 aliphatic carbocycles. The molecular formula is C16H28N-. The van der Waals surface area contributed by atoms with Gasteiger partial charge in [0.15, 0.2) is 0 Å². The molecule has 0 heterocycles. The molecule has 0 saturated heterocycles. The zero-order valence-electron chi connectivity index (χ0n) is 12.0. The molecule has 0 bridgehead atoms. The van der Waals surface area contributed by atoms with Crippen molar-refractivity contribution in [2.45, 2.75) is 58.9 Å². The molecule has 0 spiro atoms. The first-order chi connectivity index (χ1) is 7.99. The molecule has 0 aliphatic heterocycles. The van der Waals surface area contributed by atoms with Gasteiger partial charge in [0.05, 0.1) is 0 Å². The molecule has 2 fully saturated rings. The lowest BCUT2D eigenvalue weighted by Gasteiger charge is -2.60. The van der Waals surface area contributed by atoms with Crippen LogP contribution in [0.2, 0.25) is 0 Å². The van der Waals surface area contributed by atoms with Crippen LogP contribution < -0.4 is 0 Å². The molecule has 2 rings (SSSR count). The predicted molar refractivity (Wildman–Crippen MR) is 75.2 cm³/mol. The molecule has 0 radical (unpaired) electrons. The van der Waals surface area contributed by atoms with Gasteiger partial charge in [-0.05, 0) is 49.4 Å². The van der Waals surface area contributed by atoms with Crippen molar-refractivity contribution in [3.05, 3.63) is 17.5 Å². The second kappa shape index (κ2) is 4.76. The summed E-state index contributed by atoms with van der Waals surface area (Å²) in [4.78, 5) is 0. The highest BCUT2D eigenvalue weighted by atomic mass is 14.9. The summed E-state index contributed by atoms with van der Waals surface area (Å²) in [6.45, 7) is 11.4. The fourth-order valence-electron chi connectivity index (χ4n) is 4.69. The van der Waals surface area contributed by atoms with E-state index in [1.165, 1.54) is 37.7 Å². The monoisotopic (exact) mass is 234 g/mol. The molecule has 0 unspecified atom stereocenters. The van der Waals surface area contributed by atoms with E-state index in [2.05, 4.69) is 27.4 Å².